The van der Waals surface area contributed by atoms with Crippen LogP contribution in [-0.4, -0.2) is 214 Å². The number of nitrogens with one attached hydrogen (secondary N) is 1. The number of carbonyl (C=O) groups is 1. The van der Waals surface area contributed by atoms with E-state index >= 15 is 0 Å². The number of amides is 1. The number of carbonyl (C=O) groups excluding carboxylic acids is 1. The molecule has 0 aliphatic carbocycles. The molecule has 5 aliphatic heterocycles. The second kappa shape index (κ2) is 36.8. The van der Waals surface area contributed by atoms with Gasteiger partial charge in [0.15, 0.2) is 23.3 Å². The van der Waals surface area contributed by atoms with Gasteiger partial charge in [-0.05, 0) is 211 Å². The van der Waals surface area contributed by atoms with E-state index in [2.05, 4.69) is 69.9 Å². The van der Waals surface area contributed by atoms with Crippen molar-refractivity contribution in [2.75, 3.05) is 105 Å². The maximum absolute atomic E-state index is 14.0. The predicted molar refractivity (Wildman–Crippen MR) is 417 cm³/mol. The Hall–Kier alpha value is -9.82. The first kappa shape index (κ1) is 78.8. The highest BCUT2D eigenvalue weighted by Crippen LogP contribution is 2.31. The Balaban J connectivity index is 0.000000128. The van der Waals surface area contributed by atoms with Crippen molar-refractivity contribution in [3.05, 3.63) is 172 Å². The van der Waals surface area contributed by atoms with Crippen LogP contribution in [0.2, 0.25) is 15.5 Å². The topological polar surface area (TPSA) is 251 Å². The molecular formula is C79H88Cl3F4N21O5. The highest BCUT2D eigenvalue weighted by molar-refractivity contribution is 6.33. The maximum Gasteiger partial charge on any atom is 0.410 e. The van der Waals surface area contributed by atoms with Crippen molar-refractivity contribution < 1.29 is 41.3 Å². The van der Waals surface area contributed by atoms with Gasteiger partial charge in [0.25, 0.3) is 0 Å². The number of aromatic nitrogens is 16. The molecule has 1 amide bonds. The van der Waals surface area contributed by atoms with Gasteiger partial charge in [-0.15, -0.1) is 0 Å². The van der Waals surface area contributed by atoms with E-state index in [9.17, 15) is 22.4 Å². The Morgan fingerprint density at radius 2 is 0.804 bits per heavy atom. The van der Waals surface area contributed by atoms with Crippen LogP contribution in [-0.2, 0) is 17.6 Å². The molecule has 0 saturated carbocycles. The van der Waals surface area contributed by atoms with E-state index in [1.165, 1.54) is 117 Å². The lowest BCUT2D eigenvalue weighted by molar-refractivity contribution is 0.0165. The SMILES string of the molecule is CC(C)(C)OC(=O)N1CCC[C@@H](Cc2cc(OCCN3CCCC3)nc(-c3cnc4ccc(F)cn34)n2)C1.Fc1ccc2ncc(-c3nc(C[C@@H]4CCCNC4)cc(OCCN4CCCC4)n3)n2c1.Fc1ccc2ncc(-c3nc(Cl)cc(Cl)n3)n2c1.Fc1ccc2ncc(-c3nc(Cl)cc(OCCN4CCCC4)n3)n2c1. The summed E-state index contributed by atoms with van der Waals surface area (Å²) >= 11 is 17.7. The summed E-state index contributed by atoms with van der Waals surface area (Å²) in [5, 5.41) is 4.18. The largest absolute Gasteiger partial charge is 0.476 e. The van der Waals surface area contributed by atoms with Gasteiger partial charge in [-0.2, -0.15) is 15.0 Å². The molecule has 33 heteroatoms. The first-order valence-electron chi connectivity index (χ1n) is 38.1. The van der Waals surface area contributed by atoms with Crippen molar-refractivity contribution in [1.82, 2.24) is 102 Å². The standard InChI is InChI=1S/C28H37FN6O3.C23H29FN6O.C17H17ClFN5O.C11H5Cl2FN4/c1-28(2,3)38-27(36)34-12-6-7-20(18-34)15-22-16-25(37-14-13-33-10-4-5-11-33)32-26(31-22)23-17-30-24-9-8-21(29)19-35(23)24;24-18-5-6-21-26-15-20(30(21)16-18)23-27-19(12-17-4-3-7-25-14-17)13-22(28-23)31-11-10-29-8-1-2-9-29;18-14-9-16(25-8-7-23-5-1-2-6-23)22-17(21-14)13-10-20-15-4-3-12(19)11-24(13)15;12-8-3-9(13)17-11(16-8)7-4-15-10-2-1-6(14)5-18(7)10/h8-9,16-17,19-20H,4-7,10-15,18H2,1-3H3;5-6,13,15-17,25H,1-4,7-12,14H2;3-4,9-11H,1-2,5-8H2;1-5H/t20-;17-;;/m00../s1. The smallest absolute Gasteiger partial charge is 0.410 e. The number of likely N-dealkylation sites (tertiary alicyclic amines) is 4. The van der Waals surface area contributed by atoms with Crippen LogP contribution in [0.1, 0.15) is 96.4 Å². The first-order valence-corrected chi connectivity index (χ1v) is 39.2. The maximum atomic E-state index is 14.0. The van der Waals surface area contributed by atoms with Crippen LogP contribution in [0.15, 0.2) is 122 Å². The van der Waals surface area contributed by atoms with Crippen LogP contribution in [0.25, 0.3) is 68.7 Å². The van der Waals surface area contributed by atoms with Crippen molar-refractivity contribution in [2.45, 2.75) is 103 Å². The molecule has 2 atom stereocenters. The first-order chi connectivity index (χ1) is 54.3. The number of rotatable bonds is 20. The molecule has 17 heterocycles. The summed E-state index contributed by atoms with van der Waals surface area (Å²) in [5.74, 6) is 2.44. The molecule has 12 aromatic rings. The molecule has 5 aliphatic rings. The van der Waals surface area contributed by atoms with Gasteiger partial charge < -0.3 is 29.2 Å². The zero-order valence-electron chi connectivity index (χ0n) is 62.6. The van der Waals surface area contributed by atoms with Gasteiger partial charge >= 0.3 is 6.09 Å². The average Bonchev–Trinajstić information content (AvgIpc) is 1.64. The number of imidazole rings is 4. The minimum atomic E-state index is -0.527. The molecule has 0 bridgehead atoms. The summed E-state index contributed by atoms with van der Waals surface area (Å²) < 4.78 is 84.7. The van der Waals surface area contributed by atoms with Crippen LogP contribution >= 0.6 is 34.8 Å². The molecular weight excluding hydrogens is 1510 g/mol. The minimum Gasteiger partial charge on any atom is -0.476 e. The highest BCUT2D eigenvalue weighted by Gasteiger charge is 2.30. The van der Waals surface area contributed by atoms with Crippen molar-refractivity contribution in [3.63, 3.8) is 0 Å². The summed E-state index contributed by atoms with van der Waals surface area (Å²) in [6.45, 7) is 20.1. The Kier molecular flexibility index (Phi) is 25.9. The van der Waals surface area contributed by atoms with Crippen LogP contribution in [0.4, 0.5) is 22.4 Å². The molecule has 0 aromatic carbocycles. The molecule has 5 saturated heterocycles. The third-order valence-corrected chi connectivity index (χ3v) is 20.4. The Morgan fingerprint density at radius 1 is 0.446 bits per heavy atom. The second-order valence-corrected chi connectivity index (χ2v) is 30.5. The van der Waals surface area contributed by atoms with Gasteiger partial charge in [0.05, 0.1) is 24.8 Å². The fraction of sp³-hybridized carbons (Fsp3) is 0.430. The van der Waals surface area contributed by atoms with Crippen molar-refractivity contribution in [3.8, 4) is 63.7 Å². The normalized spacial score (nSPS) is 17.0. The fourth-order valence-electron chi connectivity index (χ4n) is 14.4. The third-order valence-electron chi connectivity index (χ3n) is 19.8. The molecule has 12 aromatic heterocycles. The van der Waals surface area contributed by atoms with Crippen molar-refractivity contribution in [2.24, 2.45) is 11.8 Å². The number of halogens is 7. The molecule has 0 radical (unpaired) electrons. The summed E-state index contributed by atoms with van der Waals surface area (Å²) in [4.78, 5) is 74.5. The van der Waals surface area contributed by atoms with E-state index in [-0.39, 0.29) is 50.7 Å². The van der Waals surface area contributed by atoms with E-state index < -0.39 is 5.60 Å². The number of hydrogen-bond donors (Lipinski definition) is 1. The molecule has 588 valence electrons. The fourth-order valence-corrected chi connectivity index (χ4v) is 15.0. The van der Waals surface area contributed by atoms with Gasteiger partial charge in [-0.1, -0.05) is 34.8 Å². The Morgan fingerprint density at radius 3 is 1.19 bits per heavy atom. The molecule has 0 unspecified atom stereocenters. The van der Waals surface area contributed by atoms with Gasteiger partial charge in [-0.3, -0.25) is 32.3 Å². The quantitative estimate of drug-likeness (QED) is 0.0550. The van der Waals surface area contributed by atoms with Crippen molar-refractivity contribution in [1.29, 1.82) is 0 Å². The van der Waals surface area contributed by atoms with Gasteiger partial charge in [0, 0.05) is 93.2 Å². The lowest BCUT2D eigenvalue weighted by Crippen LogP contribution is -2.43. The Bertz CT molecular complexity index is 5180. The molecule has 17 rings (SSSR count). The minimum absolute atomic E-state index is 0.219. The zero-order chi connectivity index (χ0) is 77.7. The van der Waals surface area contributed by atoms with Crippen LogP contribution in [0.3, 0.4) is 0 Å². The summed E-state index contributed by atoms with van der Waals surface area (Å²) in [5.41, 5.74) is 6.09. The number of ether oxygens (including phenoxy) is 4. The number of pyridine rings is 4. The van der Waals surface area contributed by atoms with Gasteiger partial charge in [0.1, 0.15) is 110 Å². The number of piperidine rings is 2. The zero-order valence-corrected chi connectivity index (χ0v) is 64.9. The molecule has 1 N–H and O–H groups in total. The monoisotopic (exact) mass is 1590 g/mol. The van der Waals surface area contributed by atoms with E-state index in [0.29, 0.717) is 132 Å². The molecule has 0 spiro atoms. The van der Waals surface area contributed by atoms with E-state index in [1.54, 1.807) is 67.0 Å². The van der Waals surface area contributed by atoms with Crippen LogP contribution < -0.4 is 19.5 Å². The van der Waals surface area contributed by atoms with Crippen LogP contribution in [0.5, 0.6) is 17.6 Å². The number of fused-ring (bicyclic) bond motifs is 4. The van der Waals surface area contributed by atoms with E-state index in [1.807, 2.05) is 32.9 Å². The highest BCUT2D eigenvalue weighted by atomic mass is 35.5. The van der Waals surface area contributed by atoms with E-state index in [4.69, 9.17) is 63.7 Å². The van der Waals surface area contributed by atoms with Crippen LogP contribution in [0, 0.1) is 35.1 Å². The lowest BCUT2D eigenvalue weighted by atomic mass is 9.93. The van der Waals surface area contributed by atoms with Gasteiger partial charge in [-0.25, -0.2) is 67.2 Å². The summed E-state index contributed by atoms with van der Waals surface area (Å²) in [6.07, 6.45) is 25.0. The van der Waals surface area contributed by atoms with Gasteiger partial charge in [0.2, 0.25) is 17.6 Å². The predicted octanol–water partition coefficient (Wildman–Crippen LogP) is 13.8. The summed E-state index contributed by atoms with van der Waals surface area (Å²) in [7, 11) is 0. The lowest BCUT2D eigenvalue weighted by Gasteiger charge is -2.34. The molecule has 26 nitrogen and oxygen atoms in total. The number of nitrogens with zero attached hydrogens (tertiary/aromatic N) is 20. The average molecular weight is 1590 g/mol. The Labute approximate surface area is 659 Å². The second-order valence-electron chi connectivity index (χ2n) is 29.4. The summed E-state index contributed by atoms with van der Waals surface area (Å²) in [6, 6.07) is 18.8. The third kappa shape index (κ3) is 21.1. The molecule has 112 heavy (non-hydrogen) atoms. The molecule has 5 fully saturated rings. The number of hydrogen-bond acceptors (Lipinski definition) is 21. The van der Waals surface area contributed by atoms with E-state index in [0.717, 1.165) is 103 Å². The van der Waals surface area contributed by atoms with Crippen molar-refractivity contribution >= 4 is 63.5 Å².